The van der Waals surface area contributed by atoms with Gasteiger partial charge >= 0.3 is 6.09 Å². The van der Waals surface area contributed by atoms with E-state index in [1.807, 2.05) is 0 Å². The maximum absolute atomic E-state index is 11.5. The van der Waals surface area contributed by atoms with Crippen molar-refractivity contribution < 1.29 is 24.3 Å². The first-order chi connectivity index (χ1) is 11.6. The highest BCUT2D eigenvalue weighted by atomic mass is 16.6. The maximum atomic E-state index is 11.5. The quantitative estimate of drug-likeness (QED) is 0.371. The molecule has 0 spiro atoms. The van der Waals surface area contributed by atoms with Crippen molar-refractivity contribution in [3.05, 3.63) is 28.3 Å². The molecule has 0 bridgehead atoms. The number of rotatable bonds is 8. The normalized spacial score (nSPS) is 12.2. The number of amides is 1. The highest BCUT2D eigenvalue weighted by Gasteiger charge is 2.16. The molecule has 1 atom stereocenters. The van der Waals surface area contributed by atoms with Crippen LogP contribution >= 0.6 is 0 Å². The van der Waals surface area contributed by atoms with Gasteiger partial charge in [0, 0.05) is 18.7 Å². The van der Waals surface area contributed by atoms with Crippen molar-refractivity contribution >= 4 is 17.5 Å². The number of anilines is 1. The topological polar surface area (TPSA) is 123 Å². The van der Waals surface area contributed by atoms with E-state index in [-0.39, 0.29) is 31.1 Å². The van der Waals surface area contributed by atoms with E-state index in [1.165, 1.54) is 18.2 Å². The fraction of sp³-hybridized carbons (Fsp3) is 0.562. The van der Waals surface area contributed by atoms with E-state index in [0.29, 0.717) is 5.75 Å². The summed E-state index contributed by atoms with van der Waals surface area (Å²) in [7, 11) is 0. The predicted molar refractivity (Wildman–Crippen MR) is 93.0 cm³/mol. The van der Waals surface area contributed by atoms with Gasteiger partial charge in [-0.2, -0.15) is 0 Å². The van der Waals surface area contributed by atoms with Gasteiger partial charge in [0.25, 0.3) is 5.69 Å². The Morgan fingerprint density at radius 1 is 1.40 bits per heavy atom. The lowest BCUT2D eigenvalue weighted by Crippen LogP contribution is -2.34. The van der Waals surface area contributed by atoms with Gasteiger partial charge in [-0.25, -0.2) is 4.79 Å². The molecule has 25 heavy (non-hydrogen) atoms. The van der Waals surface area contributed by atoms with E-state index in [0.717, 1.165) is 0 Å². The van der Waals surface area contributed by atoms with Crippen LogP contribution in [0.1, 0.15) is 27.7 Å². The molecule has 0 aromatic heterocycles. The first-order valence-corrected chi connectivity index (χ1v) is 7.88. The lowest BCUT2D eigenvalue weighted by Gasteiger charge is -2.19. The summed E-state index contributed by atoms with van der Waals surface area (Å²) in [6.45, 7) is 7.44. The number of carbonyl (C=O) groups excluding carboxylic acids is 1. The monoisotopic (exact) mass is 355 g/mol. The molecule has 0 aliphatic rings. The number of alkyl carbamates (subject to hydrolysis) is 1. The maximum Gasteiger partial charge on any atom is 0.407 e. The summed E-state index contributed by atoms with van der Waals surface area (Å²) >= 11 is 0. The Labute approximate surface area is 146 Å². The summed E-state index contributed by atoms with van der Waals surface area (Å²) in [5.74, 6) is 0.407. The molecule has 140 valence electrons. The minimum Gasteiger partial charge on any atom is -0.492 e. The average molecular weight is 355 g/mol. The molecule has 9 nitrogen and oxygen atoms in total. The van der Waals surface area contributed by atoms with E-state index in [1.54, 1.807) is 27.7 Å². The van der Waals surface area contributed by atoms with Crippen LogP contribution in [0.4, 0.5) is 16.2 Å². The molecule has 1 unspecified atom stereocenters. The average Bonchev–Trinajstić information content (AvgIpc) is 2.47. The van der Waals surface area contributed by atoms with Gasteiger partial charge in [-0.1, -0.05) is 0 Å². The van der Waals surface area contributed by atoms with Crippen LogP contribution in [-0.4, -0.2) is 47.5 Å². The first kappa shape index (κ1) is 20.5. The van der Waals surface area contributed by atoms with Crippen molar-refractivity contribution in [2.24, 2.45) is 0 Å². The van der Waals surface area contributed by atoms with E-state index in [2.05, 4.69) is 10.6 Å². The highest BCUT2D eigenvalue weighted by Crippen LogP contribution is 2.28. The van der Waals surface area contributed by atoms with Gasteiger partial charge < -0.3 is 25.2 Å². The summed E-state index contributed by atoms with van der Waals surface area (Å²) in [4.78, 5) is 22.0. The minimum absolute atomic E-state index is 0.111. The molecule has 0 aliphatic heterocycles. The largest absolute Gasteiger partial charge is 0.492 e. The zero-order valence-electron chi connectivity index (χ0n) is 14.9. The number of hydrogen-bond donors (Lipinski definition) is 3. The molecule has 9 heteroatoms. The molecule has 1 amide bonds. The zero-order chi connectivity index (χ0) is 19.0. The number of nitro groups is 1. The second kappa shape index (κ2) is 9.07. The molecule has 1 aromatic carbocycles. The number of aliphatic hydroxyl groups excluding tert-OH is 1. The number of ether oxygens (including phenoxy) is 2. The van der Waals surface area contributed by atoms with Crippen molar-refractivity contribution in [2.75, 3.05) is 25.0 Å². The molecule has 0 fully saturated rings. The minimum atomic E-state index is -0.651. The molecule has 0 saturated heterocycles. The van der Waals surface area contributed by atoms with Crippen molar-refractivity contribution in [3.63, 3.8) is 0 Å². The van der Waals surface area contributed by atoms with Gasteiger partial charge in [-0.15, -0.1) is 0 Å². The van der Waals surface area contributed by atoms with E-state index >= 15 is 0 Å². The van der Waals surface area contributed by atoms with Gasteiger partial charge in [-0.3, -0.25) is 10.1 Å². The van der Waals surface area contributed by atoms with Crippen LogP contribution in [0.15, 0.2) is 18.2 Å². The first-order valence-electron chi connectivity index (χ1n) is 7.88. The van der Waals surface area contributed by atoms with Crippen LogP contribution in [0.5, 0.6) is 5.75 Å². The summed E-state index contributed by atoms with van der Waals surface area (Å²) in [5, 5.41) is 25.7. The second-order valence-corrected chi connectivity index (χ2v) is 6.44. The number of aliphatic hydroxyl groups is 1. The molecule has 3 N–H and O–H groups in total. The third-order valence-electron chi connectivity index (χ3n) is 2.79. The van der Waals surface area contributed by atoms with Crippen LogP contribution in [-0.2, 0) is 4.74 Å². The number of hydrogen-bond acceptors (Lipinski definition) is 7. The number of nitrogens with zero attached hydrogens (tertiary/aromatic N) is 1. The smallest absolute Gasteiger partial charge is 0.407 e. The highest BCUT2D eigenvalue weighted by molar-refractivity contribution is 5.67. The standard InChI is InChI=1S/C16H25N3O6/c1-11(20)10-18-13-9-12(5-6-14(13)19(22)23)24-8-7-17-15(21)25-16(2,3)4/h5-6,9,11,18,20H,7-8,10H2,1-4H3,(H,17,21). The third-order valence-corrected chi connectivity index (χ3v) is 2.79. The zero-order valence-corrected chi connectivity index (χ0v) is 14.9. The SMILES string of the molecule is CC(O)CNc1cc(OCCNC(=O)OC(C)(C)C)ccc1[N+](=O)[O-]. The Morgan fingerprint density at radius 2 is 2.08 bits per heavy atom. The van der Waals surface area contributed by atoms with Crippen molar-refractivity contribution in [1.82, 2.24) is 5.32 Å². The number of nitro benzene ring substituents is 1. The van der Waals surface area contributed by atoms with Crippen LogP contribution < -0.4 is 15.4 Å². The molecule has 1 aromatic rings. The van der Waals surface area contributed by atoms with Gasteiger partial charge in [0.05, 0.1) is 17.6 Å². The number of carbonyl (C=O) groups is 1. The van der Waals surface area contributed by atoms with Gasteiger partial charge in [0.2, 0.25) is 0 Å². The van der Waals surface area contributed by atoms with Crippen molar-refractivity contribution in [3.8, 4) is 5.75 Å². The molecule has 0 aliphatic carbocycles. The molecule has 0 saturated carbocycles. The summed E-state index contributed by atoms with van der Waals surface area (Å²) in [6, 6.07) is 4.27. The summed E-state index contributed by atoms with van der Waals surface area (Å²) in [6.07, 6.45) is -1.19. The summed E-state index contributed by atoms with van der Waals surface area (Å²) in [5.41, 5.74) is -0.434. The predicted octanol–water partition coefficient (Wildman–Crippen LogP) is 2.29. The molecule has 0 heterocycles. The molecular weight excluding hydrogens is 330 g/mol. The Bertz CT molecular complexity index is 598. The van der Waals surface area contributed by atoms with Gasteiger partial charge in [0.1, 0.15) is 23.6 Å². The Balaban J connectivity index is 2.57. The fourth-order valence-corrected chi connectivity index (χ4v) is 1.80. The summed E-state index contributed by atoms with van der Waals surface area (Å²) < 4.78 is 10.6. The lowest BCUT2D eigenvalue weighted by atomic mass is 10.2. The number of nitrogens with one attached hydrogen (secondary N) is 2. The van der Waals surface area contributed by atoms with E-state index < -0.39 is 22.7 Å². The van der Waals surface area contributed by atoms with Crippen LogP contribution in [0.2, 0.25) is 0 Å². The lowest BCUT2D eigenvalue weighted by molar-refractivity contribution is -0.384. The van der Waals surface area contributed by atoms with Gasteiger partial charge in [-0.05, 0) is 33.8 Å². The number of benzene rings is 1. The van der Waals surface area contributed by atoms with Crippen LogP contribution in [0, 0.1) is 10.1 Å². The van der Waals surface area contributed by atoms with Gasteiger partial charge in [0.15, 0.2) is 0 Å². The van der Waals surface area contributed by atoms with E-state index in [9.17, 15) is 20.0 Å². The van der Waals surface area contributed by atoms with Crippen LogP contribution in [0.3, 0.4) is 0 Å². The Morgan fingerprint density at radius 3 is 2.64 bits per heavy atom. The Kier molecular flexibility index (Phi) is 7.43. The second-order valence-electron chi connectivity index (χ2n) is 6.44. The molecule has 0 radical (unpaired) electrons. The third kappa shape index (κ3) is 8.20. The van der Waals surface area contributed by atoms with Crippen molar-refractivity contribution in [1.29, 1.82) is 0 Å². The fourth-order valence-electron chi connectivity index (χ4n) is 1.80. The van der Waals surface area contributed by atoms with Crippen molar-refractivity contribution in [2.45, 2.75) is 39.4 Å². The Hall–Kier alpha value is -2.55. The molecular formula is C16H25N3O6. The van der Waals surface area contributed by atoms with E-state index in [4.69, 9.17) is 9.47 Å². The molecule has 1 rings (SSSR count). The van der Waals surface area contributed by atoms with Crippen LogP contribution in [0.25, 0.3) is 0 Å².